The maximum atomic E-state index is 14.1. The summed E-state index contributed by atoms with van der Waals surface area (Å²) in [6.07, 6.45) is 3.56. The number of imide groups is 1. The fraction of sp³-hybridized carbons (Fsp3) is 0.206. The maximum absolute atomic E-state index is 14.1. The number of hydrogen-bond acceptors (Lipinski definition) is 6. The van der Waals surface area contributed by atoms with Crippen LogP contribution >= 0.6 is 0 Å². The van der Waals surface area contributed by atoms with Gasteiger partial charge < -0.3 is 10.2 Å². The Morgan fingerprint density at radius 3 is 2.50 bits per heavy atom. The minimum Gasteiger partial charge on any atom is -0.508 e. The van der Waals surface area contributed by atoms with Crippen molar-refractivity contribution >= 4 is 45.8 Å². The van der Waals surface area contributed by atoms with Crippen LogP contribution in [0.4, 0.5) is 5.69 Å². The smallest absolute Gasteiger partial charge is 0.335 e. The summed E-state index contributed by atoms with van der Waals surface area (Å²) in [6.45, 7) is 1.60. The van der Waals surface area contributed by atoms with Crippen molar-refractivity contribution < 1.29 is 34.2 Å². The summed E-state index contributed by atoms with van der Waals surface area (Å²) in [6, 6.07) is 16.6. The van der Waals surface area contributed by atoms with E-state index in [9.17, 15) is 34.2 Å². The van der Waals surface area contributed by atoms with Crippen molar-refractivity contribution in [3.05, 3.63) is 106 Å². The number of Topliss-reactive ketones (excluding diaryl/α,β-unsaturated/α-hetero) is 1. The number of fused-ring (bicyclic) bond motifs is 4. The van der Waals surface area contributed by atoms with E-state index in [0.29, 0.717) is 22.3 Å². The Kier molecular flexibility index (Phi) is 5.66. The van der Waals surface area contributed by atoms with E-state index in [4.69, 9.17) is 0 Å². The highest BCUT2D eigenvalue weighted by molar-refractivity contribution is 6.25. The number of phenolic OH excluding ortho intramolecular Hbond substituents is 1. The number of amides is 2. The normalized spacial score (nSPS) is 25.2. The molecule has 0 spiro atoms. The molecule has 1 fully saturated rings. The molecule has 4 aliphatic rings. The summed E-state index contributed by atoms with van der Waals surface area (Å²) in [7, 11) is 0. The number of ketones is 2. The number of benzene rings is 3. The number of aromatic carboxylic acids is 1. The number of phenols is 1. The third-order valence-corrected chi connectivity index (χ3v) is 9.15. The van der Waals surface area contributed by atoms with E-state index >= 15 is 0 Å². The lowest BCUT2D eigenvalue weighted by molar-refractivity contribution is -0.123. The molecule has 7 rings (SSSR count). The molecule has 0 aromatic heterocycles. The van der Waals surface area contributed by atoms with Crippen LogP contribution in [0.1, 0.15) is 41.6 Å². The molecule has 3 aromatic carbocycles. The molecule has 0 bridgehead atoms. The van der Waals surface area contributed by atoms with Crippen molar-refractivity contribution in [2.45, 2.75) is 25.7 Å². The highest BCUT2D eigenvalue weighted by Gasteiger charge is 2.57. The second kappa shape index (κ2) is 9.21. The molecule has 42 heavy (non-hydrogen) atoms. The number of rotatable bonds is 3. The van der Waals surface area contributed by atoms with Crippen molar-refractivity contribution in [1.82, 2.24) is 0 Å². The molecular formula is C34H25NO7. The molecule has 8 nitrogen and oxygen atoms in total. The lowest BCUT2D eigenvalue weighted by atomic mass is 9.59. The number of carboxylic acids is 1. The minimum absolute atomic E-state index is 0.0254. The maximum Gasteiger partial charge on any atom is 0.335 e. The number of carbonyl (C=O) groups excluding carboxylic acids is 4. The molecular weight excluding hydrogens is 534 g/mol. The van der Waals surface area contributed by atoms with Crippen LogP contribution in [-0.4, -0.2) is 39.6 Å². The number of carbonyl (C=O) groups is 5. The average molecular weight is 560 g/mol. The molecule has 4 atom stereocenters. The standard InChI is InChI=1S/C34H25NO7/c1-16-13-26(37)24-15-23-21(29(30(24)31(16)38)28-20-8-3-2-5-17(20)9-12-25(28)36)10-11-22-27(23)33(40)35(32(22)39)19-7-4-6-18(14-19)34(41)42/h2-10,12-14,22-23,27,29,36H,11,15H2,1H3,(H,41,42)/t22-,23+,27-,29+/m0/s1. The Labute approximate surface area is 240 Å². The fourth-order valence-electron chi connectivity index (χ4n) is 7.31. The van der Waals surface area contributed by atoms with Crippen LogP contribution in [0, 0.1) is 17.8 Å². The molecule has 1 heterocycles. The quantitative estimate of drug-likeness (QED) is 0.266. The Balaban J connectivity index is 1.41. The van der Waals surface area contributed by atoms with E-state index in [1.165, 1.54) is 30.3 Å². The summed E-state index contributed by atoms with van der Waals surface area (Å²) in [5.74, 6) is -5.53. The topological polar surface area (TPSA) is 129 Å². The number of nitrogens with zero attached hydrogens (tertiary/aromatic N) is 1. The third kappa shape index (κ3) is 3.57. The monoisotopic (exact) mass is 559 g/mol. The molecule has 208 valence electrons. The van der Waals surface area contributed by atoms with Crippen molar-refractivity contribution in [1.29, 1.82) is 0 Å². The number of aromatic hydroxyl groups is 1. The van der Waals surface area contributed by atoms with Crippen molar-refractivity contribution in [2.75, 3.05) is 4.90 Å². The highest BCUT2D eigenvalue weighted by Crippen LogP contribution is 2.57. The second-order valence-corrected chi connectivity index (χ2v) is 11.3. The Morgan fingerprint density at radius 2 is 1.71 bits per heavy atom. The molecule has 0 radical (unpaired) electrons. The van der Waals surface area contributed by atoms with E-state index in [0.717, 1.165) is 21.2 Å². The van der Waals surface area contributed by atoms with Gasteiger partial charge in [0.15, 0.2) is 11.6 Å². The summed E-state index contributed by atoms with van der Waals surface area (Å²) in [4.78, 5) is 67.5. The van der Waals surface area contributed by atoms with Gasteiger partial charge in [-0.1, -0.05) is 48.0 Å². The van der Waals surface area contributed by atoms with Gasteiger partial charge in [-0.05, 0) is 66.8 Å². The molecule has 3 aliphatic carbocycles. The van der Waals surface area contributed by atoms with Crippen LogP contribution in [0.5, 0.6) is 5.75 Å². The first-order valence-corrected chi connectivity index (χ1v) is 13.8. The molecule has 0 unspecified atom stereocenters. The zero-order valence-corrected chi connectivity index (χ0v) is 22.5. The Morgan fingerprint density at radius 1 is 0.929 bits per heavy atom. The van der Waals surface area contributed by atoms with Crippen molar-refractivity contribution in [3.8, 4) is 5.75 Å². The first-order chi connectivity index (χ1) is 20.2. The zero-order chi connectivity index (χ0) is 29.4. The van der Waals surface area contributed by atoms with E-state index in [1.54, 1.807) is 19.1 Å². The van der Waals surface area contributed by atoms with Crippen LogP contribution in [0.3, 0.4) is 0 Å². The highest BCUT2D eigenvalue weighted by atomic mass is 16.4. The number of carboxylic acid groups (broad SMARTS) is 1. The zero-order valence-electron chi connectivity index (χ0n) is 22.5. The van der Waals surface area contributed by atoms with E-state index in [-0.39, 0.29) is 41.4 Å². The lowest BCUT2D eigenvalue weighted by Crippen LogP contribution is -2.40. The Hall–Kier alpha value is -5.11. The summed E-state index contributed by atoms with van der Waals surface area (Å²) >= 11 is 0. The second-order valence-electron chi connectivity index (χ2n) is 11.3. The Bertz CT molecular complexity index is 1890. The van der Waals surface area contributed by atoms with Crippen LogP contribution in [0.2, 0.25) is 0 Å². The van der Waals surface area contributed by atoms with Gasteiger partial charge in [0.05, 0.1) is 23.1 Å². The van der Waals surface area contributed by atoms with Crippen LogP contribution in [0.25, 0.3) is 10.8 Å². The van der Waals surface area contributed by atoms with Gasteiger partial charge in [0.1, 0.15) is 5.75 Å². The van der Waals surface area contributed by atoms with Gasteiger partial charge in [-0.15, -0.1) is 0 Å². The van der Waals surface area contributed by atoms with Gasteiger partial charge in [0.2, 0.25) is 11.8 Å². The first kappa shape index (κ1) is 25.8. The summed E-state index contributed by atoms with van der Waals surface area (Å²) < 4.78 is 0. The van der Waals surface area contributed by atoms with Gasteiger partial charge >= 0.3 is 5.97 Å². The van der Waals surface area contributed by atoms with Gasteiger partial charge in [-0.3, -0.25) is 24.1 Å². The molecule has 1 aliphatic heterocycles. The summed E-state index contributed by atoms with van der Waals surface area (Å²) in [5.41, 5.74) is 2.30. The predicted octanol–water partition coefficient (Wildman–Crippen LogP) is 4.88. The first-order valence-electron chi connectivity index (χ1n) is 13.8. The molecule has 2 N–H and O–H groups in total. The molecule has 3 aromatic rings. The van der Waals surface area contributed by atoms with E-state index in [2.05, 4.69) is 0 Å². The van der Waals surface area contributed by atoms with Gasteiger partial charge in [0.25, 0.3) is 0 Å². The van der Waals surface area contributed by atoms with Crippen LogP contribution in [0.15, 0.2) is 95.1 Å². The number of hydrogen-bond donors (Lipinski definition) is 2. The predicted molar refractivity (Wildman–Crippen MR) is 153 cm³/mol. The van der Waals surface area contributed by atoms with Crippen molar-refractivity contribution in [2.24, 2.45) is 17.8 Å². The molecule has 2 amide bonds. The molecule has 1 saturated heterocycles. The molecule has 8 heteroatoms. The number of allylic oxidation sites excluding steroid dienone is 6. The van der Waals surface area contributed by atoms with Gasteiger partial charge in [-0.2, -0.15) is 0 Å². The van der Waals surface area contributed by atoms with Gasteiger partial charge in [0, 0.05) is 28.2 Å². The largest absolute Gasteiger partial charge is 0.508 e. The average Bonchev–Trinajstić information content (AvgIpc) is 3.24. The minimum atomic E-state index is -1.18. The third-order valence-electron chi connectivity index (χ3n) is 9.15. The van der Waals surface area contributed by atoms with E-state index in [1.807, 2.05) is 30.3 Å². The number of anilines is 1. The van der Waals surface area contributed by atoms with Crippen LogP contribution in [-0.2, 0) is 19.2 Å². The van der Waals surface area contributed by atoms with Gasteiger partial charge in [-0.25, -0.2) is 4.79 Å². The molecule has 0 saturated carbocycles. The summed E-state index contributed by atoms with van der Waals surface area (Å²) in [5, 5.41) is 22.3. The van der Waals surface area contributed by atoms with Crippen LogP contribution < -0.4 is 4.90 Å². The fourth-order valence-corrected chi connectivity index (χ4v) is 7.31. The van der Waals surface area contributed by atoms with Crippen molar-refractivity contribution in [3.63, 3.8) is 0 Å². The lowest BCUT2D eigenvalue weighted by Gasteiger charge is -2.42. The van der Waals surface area contributed by atoms with E-state index < -0.39 is 41.5 Å². The SMILES string of the molecule is CC1=CC(=O)C2=C(C1=O)[C@@H](c1c(O)ccc3ccccc13)C1=CC[C@@H]3C(=O)N(c4cccc(C(=O)O)c4)C(=O)[C@@H]3[C@@H]1C2.